The van der Waals surface area contributed by atoms with E-state index >= 15 is 0 Å². The van der Waals surface area contributed by atoms with Crippen LogP contribution in [0.3, 0.4) is 0 Å². The second kappa shape index (κ2) is 5.03. The zero-order chi connectivity index (χ0) is 16.1. The number of allylic oxidation sites excluding steroid dienone is 1. The molecule has 0 unspecified atom stereocenters. The maximum Gasteiger partial charge on any atom is 0.260 e. The largest absolute Gasteiger partial charge is 0.368 e. The van der Waals surface area contributed by atoms with Gasteiger partial charge in [0.05, 0.1) is 11.4 Å². The van der Waals surface area contributed by atoms with E-state index < -0.39 is 27.2 Å². The topological polar surface area (TPSA) is 80.8 Å². The van der Waals surface area contributed by atoms with Crippen molar-refractivity contribution in [3.8, 4) is 0 Å². The van der Waals surface area contributed by atoms with Gasteiger partial charge in [-0.15, -0.1) is 0 Å². The minimum Gasteiger partial charge on any atom is -0.368 e. The summed E-state index contributed by atoms with van der Waals surface area (Å²) in [7, 11) is -2.25. The van der Waals surface area contributed by atoms with Gasteiger partial charge in [-0.2, -0.15) is 0 Å². The SMILES string of the molecule is CO[C@H]1C(=O)N2C(C(=O)c3ccccc3)=C(C)CS(=O)(=O)[C@@H]12. The van der Waals surface area contributed by atoms with Crippen LogP contribution in [-0.4, -0.2) is 49.3 Å². The molecule has 0 bridgehead atoms. The molecule has 7 heteroatoms. The molecule has 1 aromatic rings. The van der Waals surface area contributed by atoms with Crippen LogP contribution in [0.5, 0.6) is 0 Å². The zero-order valence-corrected chi connectivity index (χ0v) is 13.0. The Bertz CT molecular complexity index is 781. The van der Waals surface area contributed by atoms with Crippen molar-refractivity contribution in [3.63, 3.8) is 0 Å². The number of nitrogens with zero attached hydrogens (tertiary/aromatic N) is 1. The van der Waals surface area contributed by atoms with Crippen LogP contribution in [0.25, 0.3) is 0 Å². The maximum absolute atomic E-state index is 12.7. The van der Waals surface area contributed by atoms with Crippen LogP contribution in [0.4, 0.5) is 0 Å². The van der Waals surface area contributed by atoms with E-state index in [-0.39, 0.29) is 17.2 Å². The number of rotatable bonds is 3. The van der Waals surface area contributed by atoms with Gasteiger partial charge in [0.25, 0.3) is 5.91 Å². The number of methoxy groups -OCH3 is 1. The van der Waals surface area contributed by atoms with Crippen molar-refractivity contribution in [2.45, 2.75) is 18.4 Å². The number of sulfone groups is 1. The van der Waals surface area contributed by atoms with E-state index in [1.165, 1.54) is 7.11 Å². The van der Waals surface area contributed by atoms with Crippen molar-refractivity contribution in [1.82, 2.24) is 4.90 Å². The van der Waals surface area contributed by atoms with E-state index in [1.807, 2.05) is 0 Å². The van der Waals surface area contributed by atoms with Crippen molar-refractivity contribution < 1.29 is 22.7 Å². The molecule has 0 saturated carbocycles. The standard InChI is InChI=1S/C15H15NO5S/c1-9-8-22(19,20)15-13(21-2)14(18)16(15)11(9)12(17)10-6-4-3-5-7-10/h3-7,13,15H,8H2,1-2H3/t13-,15-/m0/s1. The molecular weight excluding hydrogens is 306 g/mol. The molecule has 0 N–H and O–H groups in total. The van der Waals surface area contributed by atoms with Crippen LogP contribution < -0.4 is 0 Å². The molecule has 2 atom stereocenters. The highest BCUT2D eigenvalue weighted by Gasteiger charge is 2.59. The molecule has 1 aromatic carbocycles. The van der Waals surface area contributed by atoms with E-state index in [0.29, 0.717) is 11.1 Å². The molecule has 1 amide bonds. The number of amides is 1. The number of Topliss-reactive ketones (excluding diaryl/α,β-unsaturated/α-hetero) is 1. The molecule has 0 aliphatic carbocycles. The first-order chi connectivity index (χ1) is 10.4. The van der Waals surface area contributed by atoms with Gasteiger partial charge in [0, 0.05) is 12.7 Å². The summed E-state index contributed by atoms with van der Waals surface area (Å²) in [6.07, 6.45) is -1.03. The Labute approximate surface area is 128 Å². The van der Waals surface area contributed by atoms with Crippen molar-refractivity contribution >= 4 is 21.5 Å². The fourth-order valence-corrected chi connectivity index (χ4v) is 4.98. The molecule has 0 radical (unpaired) electrons. The number of fused-ring (bicyclic) bond motifs is 1. The summed E-state index contributed by atoms with van der Waals surface area (Å²) in [5.74, 6) is -1.08. The van der Waals surface area contributed by atoms with E-state index in [9.17, 15) is 18.0 Å². The molecular formula is C15H15NO5S. The summed E-state index contributed by atoms with van der Waals surface area (Å²) >= 11 is 0. The summed E-state index contributed by atoms with van der Waals surface area (Å²) in [4.78, 5) is 25.9. The van der Waals surface area contributed by atoms with E-state index in [2.05, 4.69) is 0 Å². The summed E-state index contributed by atoms with van der Waals surface area (Å²) in [5, 5.41) is -1.10. The van der Waals surface area contributed by atoms with Gasteiger partial charge in [-0.05, 0) is 12.5 Å². The highest BCUT2D eigenvalue weighted by atomic mass is 32.2. The van der Waals surface area contributed by atoms with Crippen LogP contribution >= 0.6 is 0 Å². The lowest BCUT2D eigenvalue weighted by Crippen LogP contribution is -2.70. The van der Waals surface area contributed by atoms with Crippen molar-refractivity contribution in [3.05, 3.63) is 47.2 Å². The van der Waals surface area contributed by atoms with Crippen LogP contribution in [0.15, 0.2) is 41.6 Å². The van der Waals surface area contributed by atoms with E-state index in [4.69, 9.17) is 4.74 Å². The Kier molecular flexibility index (Phi) is 3.41. The van der Waals surface area contributed by atoms with E-state index in [0.717, 1.165) is 4.90 Å². The monoisotopic (exact) mass is 321 g/mol. The summed E-state index contributed by atoms with van der Waals surface area (Å²) in [6, 6.07) is 8.49. The third kappa shape index (κ3) is 2.00. The first kappa shape index (κ1) is 14.9. The minimum absolute atomic E-state index is 0.157. The molecule has 0 aromatic heterocycles. The Morgan fingerprint density at radius 3 is 2.50 bits per heavy atom. The number of ketones is 1. The maximum atomic E-state index is 12.7. The van der Waals surface area contributed by atoms with Crippen molar-refractivity contribution in [2.75, 3.05) is 12.9 Å². The lowest BCUT2D eigenvalue weighted by atomic mass is 9.99. The van der Waals surface area contributed by atoms with Crippen LogP contribution in [0.2, 0.25) is 0 Å². The molecule has 2 aliphatic rings. The number of carbonyl (C=O) groups is 2. The lowest BCUT2D eigenvalue weighted by Gasteiger charge is -2.48. The van der Waals surface area contributed by atoms with Crippen LogP contribution in [0, 0.1) is 0 Å². The summed E-state index contributed by atoms with van der Waals surface area (Å²) in [6.45, 7) is 1.57. The number of benzene rings is 1. The number of ether oxygens (including phenoxy) is 1. The highest BCUT2D eigenvalue weighted by molar-refractivity contribution is 7.92. The lowest BCUT2D eigenvalue weighted by molar-refractivity contribution is -0.158. The molecule has 3 rings (SSSR count). The fraction of sp³-hybridized carbons (Fsp3) is 0.333. The summed E-state index contributed by atoms with van der Waals surface area (Å²) in [5.41, 5.74) is 0.959. The first-order valence-electron chi connectivity index (χ1n) is 6.75. The Balaban J connectivity index is 2.08. The minimum atomic E-state index is -3.55. The van der Waals surface area contributed by atoms with Gasteiger partial charge in [-0.3, -0.25) is 14.5 Å². The number of hydrogen-bond acceptors (Lipinski definition) is 5. The highest BCUT2D eigenvalue weighted by Crippen LogP contribution is 2.38. The van der Waals surface area contributed by atoms with Gasteiger partial charge in [0.2, 0.25) is 5.78 Å². The Morgan fingerprint density at radius 2 is 1.91 bits per heavy atom. The average molecular weight is 321 g/mol. The Hall–Kier alpha value is -1.99. The Morgan fingerprint density at radius 1 is 1.27 bits per heavy atom. The van der Waals surface area contributed by atoms with Gasteiger partial charge in [-0.1, -0.05) is 30.3 Å². The molecule has 116 valence electrons. The summed E-state index contributed by atoms with van der Waals surface area (Å²) < 4.78 is 29.5. The number of hydrogen-bond donors (Lipinski definition) is 0. The second-order valence-corrected chi connectivity index (χ2v) is 7.48. The zero-order valence-electron chi connectivity index (χ0n) is 12.1. The third-order valence-corrected chi connectivity index (χ3v) is 5.96. The van der Waals surface area contributed by atoms with Crippen LogP contribution in [0.1, 0.15) is 17.3 Å². The molecule has 1 saturated heterocycles. The van der Waals surface area contributed by atoms with Gasteiger partial charge in [0.1, 0.15) is 0 Å². The van der Waals surface area contributed by atoms with Gasteiger partial charge >= 0.3 is 0 Å². The molecule has 6 nitrogen and oxygen atoms in total. The van der Waals surface area contributed by atoms with Crippen molar-refractivity contribution in [2.24, 2.45) is 0 Å². The molecule has 22 heavy (non-hydrogen) atoms. The predicted molar refractivity (Wildman–Crippen MR) is 78.7 cm³/mol. The smallest absolute Gasteiger partial charge is 0.260 e. The molecule has 0 spiro atoms. The van der Waals surface area contributed by atoms with Gasteiger partial charge in [-0.25, -0.2) is 8.42 Å². The van der Waals surface area contributed by atoms with Gasteiger partial charge < -0.3 is 4.74 Å². The first-order valence-corrected chi connectivity index (χ1v) is 8.47. The van der Waals surface area contributed by atoms with E-state index in [1.54, 1.807) is 37.3 Å². The molecule has 2 heterocycles. The number of β-lactam (4-membered cyclic amide) rings is 1. The fourth-order valence-electron chi connectivity index (χ4n) is 2.93. The van der Waals surface area contributed by atoms with Crippen molar-refractivity contribution in [1.29, 1.82) is 0 Å². The molecule has 2 aliphatic heterocycles. The second-order valence-electron chi connectivity index (χ2n) is 5.39. The predicted octanol–water partition coefficient (Wildman–Crippen LogP) is 0.755. The normalized spacial score (nSPS) is 26.5. The average Bonchev–Trinajstić information content (AvgIpc) is 2.48. The van der Waals surface area contributed by atoms with Crippen LogP contribution in [-0.2, 0) is 19.4 Å². The number of carbonyl (C=O) groups excluding carboxylic acids is 2. The third-order valence-electron chi connectivity index (χ3n) is 3.93. The van der Waals surface area contributed by atoms with Gasteiger partial charge in [0.15, 0.2) is 21.3 Å². The quantitative estimate of drug-likeness (QED) is 0.606. The molecule has 1 fully saturated rings.